The van der Waals surface area contributed by atoms with Crippen molar-refractivity contribution in [1.29, 1.82) is 0 Å². The Hall–Kier alpha value is -1.50. The van der Waals surface area contributed by atoms with Crippen LogP contribution in [-0.2, 0) is 4.79 Å². The van der Waals surface area contributed by atoms with Gasteiger partial charge in [0.1, 0.15) is 5.82 Å². The second kappa shape index (κ2) is 8.38. The molecule has 6 heteroatoms. The highest BCUT2D eigenvalue weighted by Gasteiger charge is 2.15. The first kappa shape index (κ1) is 17.8. The summed E-state index contributed by atoms with van der Waals surface area (Å²) in [6.45, 7) is 0.498. The highest BCUT2D eigenvalue weighted by atomic mass is 79.9. The van der Waals surface area contributed by atoms with Gasteiger partial charge in [0.25, 0.3) is 0 Å². The minimum atomic E-state index is -0.359. The molecule has 2 rings (SSSR count). The quantitative estimate of drug-likeness (QED) is 0.745. The van der Waals surface area contributed by atoms with Crippen molar-refractivity contribution < 1.29 is 9.18 Å². The first-order valence-electron chi connectivity index (χ1n) is 7.08. The van der Waals surface area contributed by atoms with Crippen LogP contribution < -0.4 is 5.32 Å². The summed E-state index contributed by atoms with van der Waals surface area (Å²) in [4.78, 5) is 15.2. The van der Waals surface area contributed by atoms with Crippen LogP contribution in [0.15, 0.2) is 46.3 Å². The molecule has 0 aliphatic rings. The van der Waals surface area contributed by atoms with E-state index in [-0.39, 0.29) is 17.8 Å². The van der Waals surface area contributed by atoms with Gasteiger partial charge in [0, 0.05) is 27.5 Å². The van der Waals surface area contributed by atoms with Crippen LogP contribution in [0.25, 0.3) is 6.08 Å². The number of likely N-dealkylation sites (N-methyl/N-ethyl adjacent to an activating group) is 1. The summed E-state index contributed by atoms with van der Waals surface area (Å²) in [6.07, 6.45) is 2.83. The molecule has 1 unspecified atom stereocenters. The Morgan fingerprint density at radius 3 is 2.87 bits per heavy atom. The summed E-state index contributed by atoms with van der Waals surface area (Å²) in [5.41, 5.74) is 0.372. The highest BCUT2D eigenvalue weighted by Crippen LogP contribution is 2.22. The molecule has 0 saturated heterocycles. The molecule has 0 radical (unpaired) electrons. The van der Waals surface area contributed by atoms with Gasteiger partial charge in [-0.2, -0.15) is 0 Å². The van der Waals surface area contributed by atoms with E-state index in [1.54, 1.807) is 23.5 Å². The zero-order valence-electron chi connectivity index (χ0n) is 12.9. The van der Waals surface area contributed by atoms with Crippen molar-refractivity contribution in [2.24, 2.45) is 0 Å². The molecular formula is C17H18BrFN2OS. The van der Waals surface area contributed by atoms with Crippen molar-refractivity contribution in [3.63, 3.8) is 0 Å². The maximum atomic E-state index is 13.6. The molecule has 0 saturated carbocycles. The third kappa shape index (κ3) is 5.27. The average Bonchev–Trinajstić information content (AvgIpc) is 3.02. The molecule has 1 aromatic carbocycles. The fourth-order valence-electron chi connectivity index (χ4n) is 2.08. The Labute approximate surface area is 147 Å². The number of carbonyl (C=O) groups is 1. The summed E-state index contributed by atoms with van der Waals surface area (Å²) in [6, 6.07) is 8.78. The number of amides is 1. The van der Waals surface area contributed by atoms with E-state index in [9.17, 15) is 9.18 Å². The Kier molecular flexibility index (Phi) is 6.50. The number of benzene rings is 1. The van der Waals surface area contributed by atoms with Crippen molar-refractivity contribution >= 4 is 39.2 Å². The Morgan fingerprint density at radius 1 is 1.43 bits per heavy atom. The normalized spacial score (nSPS) is 12.7. The topological polar surface area (TPSA) is 32.3 Å². The van der Waals surface area contributed by atoms with Gasteiger partial charge >= 0.3 is 0 Å². The molecular weight excluding hydrogens is 379 g/mol. The lowest BCUT2D eigenvalue weighted by Crippen LogP contribution is -2.33. The van der Waals surface area contributed by atoms with Crippen molar-refractivity contribution in [2.75, 3.05) is 20.6 Å². The van der Waals surface area contributed by atoms with E-state index >= 15 is 0 Å². The SMILES string of the molecule is CN(C)C(CNC(=O)/C=C/c1cc(Br)ccc1F)c1cccs1. The van der Waals surface area contributed by atoms with Crippen molar-refractivity contribution in [3.8, 4) is 0 Å². The summed E-state index contributed by atoms with van der Waals surface area (Å²) < 4.78 is 14.4. The molecule has 122 valence electrons. The van der Waals surface area contributed by atoms with Crippen LogP contribution in [0.1, 0.15) is 16.5 Å². The molecule has 2 aromatic rings. The standard InChI is InChI=1S/C17H18BrFN2OS/c1-21(2)15(16-4-3-9-23-16)11-20-17(22)8-5-12-10-13(18)6-7-14(12)19/h3-10,15H,11H2,1-2H3,(H,20,22)/b8-5+. The van der Waals surface area contributed by atoms with E-state index in [0.29, 0.717) is 12.1 Å². The van der Waals surface area contributed by atoms with Gasteiger partial charge in [-0.1, -0.05) is 22.0 Å². The molecule has 1 amide bonds. The fourth-order valence-corrected chi connectivity index (χ4v) is 3.38. The second-order valence-corrected chi connectivity index (χ2v) is 7.13. The molecule has 0 bridgehead atoms. The van der Waals surface area contributed by atoms with Gasteiger partial charge in [-0.15, -0.1) is 11.3 Å². The number of halogens is 2. The van der Waals surface area contributed by atoms with Crippen LogP contribution in [0.2, 0.25) is 0 Å². The molecule has 1 N–H and O–H groups in total. The Morgan fingerprint density at radius 2 is 2.22 bits per heavy atom. The lowest BCUT2D eigenvalue weighted by molar-refractivity contribution is -0.116. The van der Waals surface area contributed by atoms with Crippen molar-refractivity contribution in [1.82, 2.24) is 10.2 Å². The third-order valence-corrected chi connectivity index (χ3v) is 4.80. The number of hydrogen-bond acceptors (Lipinski definition) is 3. The van der Waals surface area contributed by atoms with Gasteiger partial charge in [-0.3, -0.25) is 4.79 Å². The third-order valence-electron chi connectivity index (χ3n) is 3.34. The lowest BCUT2D eigenvalue weighted by Gasteiger charge is -2.23. The Bertz CT molecular complexity index is 686. The van der Waals surface area contributed by atoms with E-state index in [2.05, 4.69) is 26.1 Å². The molecule has 0 aliphatic carbocycles. The van der Waals surface area contributed by atoms with Gasteiger partial charge < -0.3 is 10.2 Å². The van der Waals surface area contributed by atoms with Gasteiger partial charge in [0.2, 0.25) is 5.91 Å². The van der Waals surface area contributed by atoms with Crippen molar-refractivity contribution in [3.05, 3.63) is 62.5 Å². The largest absolute Gasteiger partial charge is 0.351 e. The first-order valence-corrected chi connectivity index (χ1v) is 8.75. The van der Waals surface area contributed by atoms with Crippen molar-refractivity contribution in [2.45, 2.75) is 6.04 Å². The monoisotopic (exact) mass is 396 g/mol. The number of nitrogens with zero attached hydrogens (tertiary/aromatic N) is 1. The first-order chi connectivity index (χ1) is 11.0. The minimum Gasteiger partial charge on any atom is -0.351 e. The molecule has 0 aliphatic heterocycles. The molecule has 23 heavy (non-hydrogen) atoms. The number of rotatable bonds is 6. The van der Waals surface area contributed by atoms with Gasteiger partial charge in [0.15, 0.2) is 0 Å². The Balaban J connectivity index is 1.96. The van der Waals surface area contributed by atoms with E-state index in [4.69, 9.17) is 0 Å². The second-order valence-electron chi connectivity index (χ2n) is 5.24. The number of nitrogens with one attached hydrogen (secondary N) is 1. The molecule has 1 atom stereocenters. The summed E-state index contributed by atoms with van der Waals surface area (Å²) in [5, 5.41) is 4.88. The fraction of sp³-hybridized carbons (Fsp3) is 0.235. The summed E-state index contributed by atoms with van der Waals surface area (Å²) in [7, 11) is 3.95. The zero-order valence-corrected chi connectivity index (χ0v) is 15.3. The van der Waals surface area contributed by atoms with Gasteiger partial charge in [0.05, 0.1) is 6.04 Å². The van der Waals surface area contributed by atoms with E-state index in [1.807, 2.05) is 31.6 Å². The van der Waals surface area contributed by atoms with E-state index in [0.717, 1.165) is 4.47 Å². The van der Waals surface area contributed by atoms with Crippen LogP contribution in [0.5, 0.6) is 0 Å². The zero-order chi connectivity index (χ0) is 16.8. The maximum absolute atomic E-state index is 13.6. The number of thiophene rings is 1. The molecule has 0 spiro atoms. The van der Waals surface area contributed by atoms with Crippen LogP contribution in [0, 0.1) is 5.82 Å². The van der Waals surface area contributed by atoms with E-state index in [1.165, 1.54) is 23.1 Å². The predicted molar refractivity (Wildman–Crippen MR) is 96.9 cm³/mol. The minimum absolute atomic E-state index is 0.120. The summed E-state index contributed by atoms with van der Waals surface area (Å²) in [5.74, 6) is -0.602. The summed E-state index contributed by atoms with van der Waals surface area (Å²) >= 11 is 4.94. The van der Waals surface area contributed by atoms with E-state index < -0.39 is 0 Å². The van der Waals surface area contributed by atoms with Gasteiger partial charge in [-0.05, 0) is 49.8 Å². The highest BCUT2D eigenvalue weighted by molar-refractivity contribution is 9.10. The average molecular weight is 397 g/mol. The smallest absolute Gasteiger partial charge is 0.244 e. The maximum Gasteiger partial charge on any atom is 0.244 e. The molecule has 1 heterocycles. The van der Waals surface area contributed by atoms with Gasteiger partial charge in [-0.25, -0.2) is 4.39 Å². The molecule has 1 aromatic heterocycles. The van der Waals surface area contributed by atoms with Crippen LogP contribution in [0.4, 0.5) is 4.39 Å². The molecule has 0 fully saturated rings. The number of carbonyl (C=O) groups excluding carboxylic acids is 1. The number of hydrogen-bond donors (Lipinski definition) is 1. The molecule has 3 nitrogen and oxygen atoms in total. The van der Waals surface area contributed by atoms with Crippen LogP contribution in [-0.4, -0.2) is 31.4 Å². The predicted octanol–water partition coefficient (Wildman–Crippen LogP) is 4.08. The lowest BCUT2D eigenvalue weighted by atomic mass is 10.2. The van der Waals surface area contributed by atoms with Crippen LogP contribution in [0.3, 0.4) is 0 Å². The van der Waals surface area contributed by atoms with Crippen LogP contribution >= 0.6 is 27.3 Å².